The maximum atomic E-state index is 11.4. The summed E-state index contributed by atoms with van der Waals surface area (Å²) in [6.45, 7) is 0.0887. The van der Waals surface area contributed by atoms with Crippen molar-refractivity contribution in [2.24, 2.45) is 5.73 Å². The van der Waals surface area contributed by atoms with E-state index in [2.05, 4.69) is 0 Å². The van der Waals surface area contributed by atoms with E-state index in [9.17, 15) is 9.59 Å². The summed E-state index contributed by atoms with van der Waals surface area (Å²) in [6, 6.07) is 8.63. The van der Waals surface area contributed by atoms with E-state index in [-0.39, 0.29) is 19.8 Å². The fourth-order valence-corrected chi connectivity index (χ4v) is 1.02. The Morgan fingerprint density at radius 1 is 1.12 bits per heavy atom. The molecule has 0 heterocycles. The minimum absolute atomic E-state index is 0.0982. The van der Waals surface area contributed by atoms with E-state index >= 15 is 0 Å². The molecule has 0 spiro atoms. The molecule has 0 aliphatic carbocycles. The summed E-state index contributed by atoms with van der Waals surface area (Å²) >= 11 is 0. The average Bonchev–Trinajstić information content (AvgIpc) is 2.29. The Hall–Kier alpha value is -1.88. The second-order valence-electron chi connectivity index (χ2n) is 3.02. The molecular weight excluding hydrogens is 210 g/mol. The Kier molecular flexibility index (Phi) is 5.01. The maximum absolute atomic E-state index is 11.4. The van der Waals surface area contributed by atoms with Gasteiger partial charge in [-0.3, -0.25) is 4.79 Å². The minimum atomic E-state index is -0.547. The Balaban J connectivity index is 2.19. The van der Waals surface area contributed by atoms with E-state index < -0.39 is 11.9 Å². The van der Waals surface area contributed by atoms with Gasteiger partial charge in [-0.1, -0.05) is 18.2 Å². The topological polar surface area (TPSA) is 78.6 Å². The van der Waals surface area contributed by atoms with Crippen LogP contribution in [-0.2, 0) is 14.3 Å². The SMILES string of the molecule is NC(=O)COCCOC(=O)c1ccccc1. The first kappa shape index (κ1) is 12.2. The Morgan fingerprint density at radius 2 is 1.81 bits per heavy atom. The molecule has 0 unspecified atom stereocenters. The van der Waals surface area contributed by atoms with Gasteiger partial charge in [0.15, 0.2) is 0 Å². The van der Waals surface area contributed by atoms with E-state index in [0.29, 0.717) is 5.56 Å². The summed E-state index contributed by atoms with van der Waals surface area (Å²) in [6.07, 6.45) is 0. The van der Waals surface area contributed by atoms with Crippen molar-refractivity contribution >= 4 is 11.9 Å². The molecule has 1 aromatic rings. The quantitative estimate of drug-likeness (QED) is 0.557. The first-order valence-electron chi connectivity index (χ1n) is 4.78. The van der Waals surface area contributed by atoms with E-state index in [1.165, 1.54) is 0 Å². The zero-order valence-electron chi connectivity index (χ0n) is 8.72. The molecule has 16 heavy (non-hydrogen) atoms. The minimum Gasteiger partial charge on any atom is -0.460 e. The zero-order valence-corrected chi connectivity index (χ0v) is 8.72. The molecule has 0 atom stereocenters. The highest BCUT2D eigenvalue weighted by atomic mass is 16.6. The van der Waals surface area contributed by atoms with Gasteiger partial charge in [-0.25, -0.2) is 4.79 Å². The Labute approximate surface area is 93.1 Å². The zero-order chi connectivity index (χ0) is 11.8. The fraction of sp³-hybridized carbons (Fsp3) is 0.273. The van der Waals surface area contributed by atoms with Crippen molar-refractivity contribution in [2.45, 2.75) is 0 Å². The first-order valence-corrected chi connectivity index (χ1v) is 4.78. The van der Waals surface area contributed by atoms with E-state index in [0.717, 1.165) is 0 Å². The summed E-state index contributed by atoms with van der Waals surface area (Å²) in [5.41, 5.74) is 5.34. The fourth-order valence-electron chi connectivity index (χ4n) is 1.02. The number of ether oxygens (including phenoxy) is 2. The van der Waals surface area contributed by atoms with Crippen LogP contribution in [0.4, 0.5) is 0 Å². The van der Waals surface area contributed by atoms with Crippen LogP contribution < -0.4 is 5.73 Å². The summed E-state index contributed by atoms with van der Waals surface area (Å²) < 4.78 is 9.72. The lowest BCUT2D eigenvalue weighted by Gasteiger charge is -2.04. The molecule has 0 radical (unpaired) electrons. The number of rotatable bonds is 6. The number of hydrogen-bond donors (Lipinski definition) is 1. The van der Waals surface area contributed by atoms with Crippen LogP contribution in [0.25, 0.3) is 0 Å². The summed E-state index contributed by atoms with van der Waals surface area (Å²) in [4.78, 5) is 21.7. The van der Waals surface area contributed by atoms with Crippen LogP contribution in [0.5, 0.6) is 0 Å². The number of hydrogen-bond acceptors (Lipinski definition) is 4. The highest BCUT2D eigenvalue weighted by Gasteiger charge is 2.05. The smallest absolute Gasteiger partial charge is 0.338 e. The van der Waals surface area contributed by atoms with E-state index in [1.54, 1.807) is 24.3 Å². The maximum Gasteiger partial charge on any atom is 0.338 e. The molecule has 5 heteroatoms. The summed E-state index contributed by atoms with van der Waals surface area (Å²) in [7, 11) is 0. The van der Waals surface area contributed by atoms with Crippen LogP contribution in [0.15, 0.2) is 30.3 Å². The highest BCUT2D eigenvalue weighted by Crippen LogP contribution is 2.00. The normalized spacial score (nSPS) is 9.75. The predicted molar refractivity (Wildman–Crippen MR) is 56.7 cm³/mol. The van der Waals surface area contributed by atoms with Gasteiger partial charge in [-0.15, -0.1) is 0 Å². The third kappa shape index (κ3) is 4.56. The molecule has 5 nitrogen and oxygen atoms in total. The van der Waals surface area contributed by atoms with Gasteiger partial charge in [0, 0.05) is 0 Å². The molecule has 0 bridgehead atoms. The van der Waals surface area contributed by atoms with E-state index in [1.807, 2.05) is 6.07 Å². The van der Waals surface area contributed by atoms with Gasteiger partial charge in [0.25, 0.3) is 0 Å². The molecule has 1 amide bonds. The molecule has 86 valence electrons. The molecule has 1 rings (SSSR count). The summed E-state index contributed by atoms with van der Waals surface area (Å²) in [5, 5.41) is 0. The predicted octanol–water partition coefficient (Wildman–Crippen LogP) is 0.345. The largest absolute Gasteiger partial charge is 0.460 e. The van der Waals surface area contributed by atoms with Crippen LogP contribution in [0.2, 0.25) is 0 Å². The molecule has 0 fully saturated rings. The highest BCUT2D eigenvalue weighted by molar-refractivity contribution is 5.89. The monoisotopic (exact) mass is 223 g/mol. The van der Waals surface area contributed by atoms with Crippen LogP contribution in [0.1, 0.15) is 10.4 Å². The number of esters is 1. The van der Waals surface area contributed by atoms with Gasteiger partial charge < -0.3 is 15.2 Å². The number of benzene rings is 1. The second kappa shape index (κ2) is 6.58. The van der Waals surface area contributed by atoms with Crippen LogP contribution >= 0.6 is 0 Å². The van der Waals surface area contributed by atoms with Crippen LogP contribution in [0.3, 0.4) is 0 Å². The number of carbonyl (C=O) groups excluding carboxylic acids is 2. The van der Waals surface area contributed by atoms with Crippen molar-refractivity contribution in [1.82, 2.24) is 0 Å². The Bertz CT molecular complexity index is 350. The molecule has 2 N–H and O–H groups in total. The standard InChI is InChI=1S/C11H13NO4/c12-10(13)8-15-6-7-16-11(14)9-4-2-1-3-5-9/h1-5H,6-8H2,(H2,12,13). The molecule has 0 aliphatic rings. The van der Waals surface area contributed by atoms with Gasteiger partial charge in [0.1, 0.15) is 13.2 Å². The van der Waals surface area contributed by atoms with Crippen molar-refractivity contribution in [3.8, 4) is 0 Å². The number of carbonyl (C=O) groups is 2. The van der Waals surface area contributed by atoms with Crippen LogP contribution in [0, 0.1) is 0 Å². The number of amides is 1. The average molecular weight is 223 g/mol. The third-order valence-corrected chi connectivity index (χ3v) is 1.71. The van der Waals surface area contributed by atoms with Crippen molar-refractivity contribution in [2.75, 3.05) is 19.8 Å². The molecule has 0 saturated heterocycles. The third-order valence-electron chi connectivity index (χ3n) is 1.71. The molecule has 0 aromatic heterocycles. The first-order chi connectivity index (χ1) is 7.70. The van der Waals surface area contributed by atoms with Gasteiger partial charge in [-0.05, 0) is 12.1 Å². The van der Waals surface area contributed by atoms with Crippen molar-refractivity contribution in [3.05, 3.63) is 35.9 Å². The van der Waals surface area contributed by atoms with Gasteiger partial charge in [0.05, 0.1) is 12.2 Å². The van der Waals surface area contributed by atoms with Crippen molar-refractivity contribution in [1.29, 1.82) is 0 Å². The lowest BCUT2D eigenvalue weighted by atomic mass is 10.2. The lowest BCUT2D eigenvalue weighted by Crippen LogP contribution is -2.20. The number of nitrogens with two attached hydrogens (primary N) is 1. The van der Waals surface area contributed by atoms with Crippen molar-refractivity contribution in [3.63, 3.8) is 0 Å². The van der Waals surface area contributed by atoms with Gasteiger partial charge >= 0.3 is 5.97 Å². The number of primary amides is 1. The molecule has 1 aromatic carbocycles. The lowest BCUT2D eigenvalue weighted by molar-refractivity contribution is -0.122. The molecule has 0 saturated carbocycles. The Morgan fingerprint density at radius 3 is 2.44 bits per heavy atom. The molecular formula is C11H13NO4. The van der Waals surface area contributed by atoms with Crippen LogP contribution in [-0.4, -0.2) is 31.7 Å². The second-order valence-corrected chi connectivity index (χ2v) is 3.02. The van der Waals surface area contributed by atoms with E-state index in [4.69, 9.17) is 15.2 Å². The van der Waals surface area contributed by atoms with Gasteiger partial charge in [0.2, 0.25) is 5.91 Å². The summed E-state index contributed by atoms with van der Waals surface area (Å²) in [5.74, 6) is -0.960. The van der Waals surface area contributed by atoms with Crippen molar-refractivity contribution < 1.29 is 19.1 Å². The molecule has 0 aliphatic heterocycles. The van der Waals surface area contributed by atoms with Gasteiger partial charge in [-0.2, -0.15) is 0 Å².